The van der Waals surface area contributed by atoms with Crippen molar-refractivity contribution in [3.63, 3.8) is 0 Å². The van der Waals surface area contributed by atoms with Crippen LogP contribution in [0.4, 0.5) is 0 Å². The first kappa shape index (κ1) is 6.81. The molecule has 0 atom stereocenters. The Labute approximate surface area is 59.8 Å². The van der Waals surface area contributed by atoms with Crippen molar-refractivity contribution in [3.05, 3.63) is 0 Å². The van der Waals surface area contributed by atoms with Crippen molar-refractivity contribution >= 4 is 23.5 Å². The Morgan fingerprint density at radius 1 is 1.12 bits per heavy atom. The predicted octanol–water partition coefficient (Wildman–Crippen LogP) is 2.59. The monoisotopic (exact) mass is 148 g/mol. The van der Waals surface area contributed by atoms with Crippen LogP contribution in [0.5, 0.6) is 0 Å². The largest absolute Gasteiger partial charge is 0.148 e. The fourth-order valence-corrected chi connectivity index (χ4v) is 3.12. The van der Waals surface area contributed by atoms with E-state index < -0.39 is 0 Å². The second-order valence-corrected chi connectivity index (χ2v) is 5.21. The highest BCUT2D eigenvalue weighted by Gasteiger charge is 2.05. The quantitative estimate of drug-likeness (QED) is 0.518. The zero-order valence-corrected chi connectivity index (χ0v) is 6.86. The summed E-state index contributed by atoms with van der Waals surface area (Å²) in [6.07, 6.45) is 2.87. The van der Waals surface area contributed by atoms with Gasteiger partial charge in [-0.05, 0) is 31.3 Å². The Morgan fingerprint density at radius 2 is 1.62 bits per heavy atom. The number of hydrogen-bond donors (Lipinski definition) is 0. The molecule has 2 heteroatoms. The highest BCUT2D eigenvalue weighted by atomic mass is 32.2. The van der Waals surface area contributed by atoms with Gasteiger partial charge in [0.1, 0.15) is 0 Å². The second-order valence-electron chi connectivity index (χ2n) is 2.02. The molecular weight excluding hydrogens is 136 g/mol. The first-order valence-corrected chi connectivity index (χ1v) is 5.22. The molecule has 1 rings (SSSR count). The SMILES string of the molecule is CC1SCCCCS1. The Kier molecular flexibility index (Phi) is 3.13. The van der Waals surface area contributed by atoms with E-state index in [1.54, 1.807) is 0 Å². The summed E-state index contributed by atoms with van der Waals surface area (Å²) >= 11 is 4.20. The van der Waals surface area contributed by atoms with Crippen LogP contribution >= 0.6 is 23.5 Å². The van der Waals surface area contributed by atoms with Gasteiger partial charge >= 0.3 is 0 Å². The number of thioether (sulfide) groups is 2. The summed E-state index contributed by atoms with van der Waals surface area (Å²) in [7, 11) is 0. The molecule has 0 spiro atoms. The van der Waals surface area contributed by atoms with E-state index in [-0.39, 0.29) is 0 Å². The molecule has 0 radical (unpaired) electrons. The van der Waals surface area contributed by atoms with Crippen LogP contribution in [0.3, 0.4) is 0 Å². The summed E-state index contributed by atoms with van der Waals surface area (Å²) in [6, 6.07) is 0. The van der Waals surface area contributed by atoms with Gasteiger partial charge in [0.2, 0.25) is 0 Å². The summed E-state index contributed by atoms with van der Waals surface area (Å²) in [5.41, 5.74) is 0. The standard InChI is InChI=1S/C6H12S2/c1-6-7-4-2-3-5-8-6/h6H,2-5H2,1H3. The van der Waals surface area contributed by atoms with Crippen molar-refractivity contribution in [1.29, 1.82) is 0 Å². The van der Waals surface area contributed by atoms with Gasteiger partial charge in [0, 0.05) is 4.58 Å². The molecule has 1 aliphatic heterocycles. The number of hydrogen-bond acceptors (Lipinski definition) is 2. The van der Waals surface area contributed by atoms with E-state index in [0.717, 1.165) is 4.58 Å². The van der Waals surface area contributed by atoms with Gasteiger partial charge < -0.3 is 0 Å². The van der Waals surface area contributed by atoms with E-state index in [1.807, 2.05) is 0 Å². The third-order valence-electron chi connectivity index (χ3n) is 1.24. The second kappa shape index (κ2) is 3.67. The van der Waals surface area contributed by atoms with Crippen LogP contribution in [0.2, 0.25) is 0 Å². The maximum Gasteiger partial charge on any atom is 0.0474 e. The molecular formula is C6H12S2. The van der Waals surface area contributed by atoms with Gasteiger partial charge in [0.15, 0.2) is 0 Å². The lowest BCUT2D eigenvalue weighted by Crippen LogP contribution is -1.85. The highest BCUT2D eigenvalue weighted by Crippen LogP contribution is 2.28. The highest BCUT2D eigenvalue weighted by molar-refractivity contribution is 8.17. The zero-order valence-electron chi connectivity index (χ0n) is 5.22. The topological polar surface area (TPSA) is 0 Å². The Hall–Kier alpha value is 0.700. The minimum atomic E-state index is 0.859. The van der Waals surface area contributed by atoms with Gasteiger partial charge in [-0.15, -0.1) is 23.5 Å². The van der Waals surface area contributed by atoms with Gasteiger partial charge in [-0.2, -0.15) is 0 Å². The van der Waals surface area contributed by atoms with Crippen LogP contribution < -0.4 is 0 Å². The molecule has 0 aromatic carbocycles. The number of rotatable bonds is 0. The van der Waals surface area contributed by atoms with E-state index in [1.165, 1.54) is 24.3 Å². The van der Waals surface area contributed by atoms with Crippen molar-refractivity contribution in [2.75, 3.05) is 11.5 Å². The van der Waals surface area contributed by atoms with Crippen molar-refractivity contribution in [1.82, 2.24) is 0 Å². The smallest absolute Gasteiger partial charge is 0.0474 e. The van der Waals surface area contributed by atoms with Crippen LogP contribution in [0.1, 0.15) is 19.8 Å². The lowest BCUT2D eigenvalue weighted by molar-refractivity contribution is 0.912. The van der Waals surface area contributed by atoms with Gasteiger partial charge in [0.05, 0.1) is 0 Å². The van der Waals surface area contributed by atoms with Crippen LogP contribution in [-0.2, 0) is 0 Å². The average molecular weight is 148 g/mol. The van der Waals surface area contributed by atoms with Gasteiger partial charge in [-0.25, -0.2) is 0 Å². The van der Waals surface area contributed by atoms with Gasteiger partial charge in [-0.1, -0.05) is 0 Å². The van der Waals surface area contributed by atoms with Gasteiger partial charge in [-0.3, -0.25) is 0 Å². The lowest BCUT2D eigenvalue weighted by Gasteiger charge is -2.02. The van der Waals surface area contributed by atoms with Crippen LogP contribution in [-0.4, -0.2) is 16.1 Å². The molecule has 0 nitrogen and oxygen atoms in total. The summed E-state index contributed by atoms with van der Waals surface area (Å²) in [5, 5.41) is 0. The summed E-state index contributed by atoms with van der Waals surface area (Å²) in [5.74, 6) is 2.77. The molecule has 0 unspecified atom stereocenters. The average Bonchev–Trinajstić information content (AvgIpc) is 1.94. The minimum absolute atomic E-state index is 0.859. The molecule has 1 aliphatic rings. The Morgan fingerprint density at radius 3 is 2.12 bits per heavy atom. The molecule has 8 heavy (non-hydrogen) atoms. The summed E-state index contributed by atoms with van der Waals surface area (Å²) < 4.78 is 0.859. The van der Waals surface area contributed by atoms with Crippen molar-refractivity contribution in [2.45, 2.75) is 24.3 Å². The van der Waals surface area contributed by atoms with E-state index in [2.05, 4.69) is 30.4 Å². The molecule has 1 heterocycles. The van der Waals surface area contributed by atoms with Crippen molar-refractivity contribution in [3.8, 4) is 0 Å². The fraction of sp³-hybridized carbons (Fsp3) is 1.00. The summed E-state index contributed by atoms with van der Waals surface area (Å²) in [6.45, 7) is 2.31. The van der Waals surface area contributed by atoms with Crippen molar-refractivity contribution < 1.29 is 0 Å². The van der Waals surface area contributed by atoms with E-state index >= 15 is 0 Å². The first-order valence-electron chi connectivity index (χ1n) is 3.13. The van der Waals surface area contributed by atoms with Crippen molar-refractivity contribution in [2.24, 2.45) is 0 Å². The predicted molar refractivity (Wildman–Crippen MR) is 43.6 cm³/mol. The first-order chi connectivity index (χ1) is 3.89. The maximum atomic E-state index is 2.31. The van der Waals surface area contributed by atoms with E-state index in [4.69, 9.17) is 0 Å². The molecule has 0 saturated carbocycles. The molecule has 0 aliphatic carbocycles. The minimum Gasteiger partial charge on any atom is -0.148 e. The molecule has 0 N–H and O–H groups in total. The normalized spacial score (nSPS) is 25.1. The fourth-order valence-electron chi connectivity index (χ4n) is 0.751. The molecule has 0 aromatic rings. The van der Waals surface area contributed by atoms with Gasteiger partial charge in [0.25, 0.3) is 0 Å². The molecule has 1 saturated heterocycles. The molecule has 0 amide bonds. The summed E-state index contributed by atoms with van der Waals surface area (Å²) in [4.78, 5) is 0. The van der Waals surface area contributed by atoms with Crippen LogP contribution in [0.15, 0.2) is 0 Å². The third-order valence-corrected chi connectivity index (χ3v) is 4.05. The lowest BCUT2D eigenvalue weighted by atomic mass is 10.4. The Bertz CT molecular complexity index is 55.5. The zero-order chi connectivity index (χ0) is 5.82. The molecule has 48 valence electrons. The third kappa shape index (κ3) is 2.31. The van der Waals surface area contributed by atoms with Crippen LogP contribution in [0, 0.1) is 0 Å². The molecule has 0 bridgehead atoms. The van der Waals surface area contributed by atoms with E-state index in [0.29, 0.717) is 0 Å². The molecule has 0 aromatic heterocycles. The maximum absolute atomic E-state index is 2.31. The van der Waals surface area contributed by atoms with E-state index in [9.17, 15) is 0 Å². The Balaban J connectivity index is 2.17. The van der Waals surface area contributed by atoms with Crippen LogP contribution in [0.25, 0.3) is 0 Å². The molecule has 1 fully saturated rings.